The second-order valence-electron chi connectivity index (χ2n) is 5.63. The lowest BCUT2D eigenvalue weighted by atomic mass is 9.91. The van der Waals surface area contributed by atoms with Crippen LogP contribution in [-0.4, -0.2) is 30.4 Å². The summed E-state index contributed by atoms with van der Waals surface area (Å²) in [6.45, 7) is 1.80. The number of amides is 1. The van der Waals surface area contributed by atoms with Crippen LogP contribution in [0.2, 0.25) is 0 Å². The predicted octanol–water partition coefficient (Wildman–Crippen LogP) is 2.48. The molecule has 1 aliphatic heterocycles. The van der Waals surface area contributed by atoms with Gasteiger partial charge in [-0.2, -0.15) is 0 Å². The fraction of sp³-hybridized carbons (Fsp3) is 0.562. The van der Waals surface area contributed by atoms with E-state index in [9.17, 15) is 13.6 Å². The van der Waals surface area contributed by atoms with Crippen LogP contribution >= 0.6 is 0 Å². The number of halogens is 2. The summed E-state index contributed by atoms with van der Waals surface area (Å²) in [5.41, 5.74) is 5.56. The molecule has 3 nitrogen and oxygen atoms in total. The summed E-state index contributed by atoms with van der Waals surface area (Å²) in [5.74, 6) is -0.581. The minimum absolute atomic E-state index is 0.0827. The fourth-order valence-electron chi connectivity index (χ4n) is 2.93. The van der Waals surface area contributed by atoms with E-state index in [1.807, 2.05) is 4.90 Å². The summed E-state index contributed by atoms with van der Waals surface area (Å²) >= 11 is 0. The van der Waals surface area contributed by atoms with E-state index < -0.39 is 11.6 Å². The normalized spacial score (nSPS) is 18.8. The summed E-state index contributed by atoms with van der Waals surface area (Å²) < 4.78 is 27.2. The Morgan fingerprint density at radius 2 is 2.05 bits per heavy atom. The highest BCUT2D eigenvalue weighted by Crippen LogP contribution is 2.23. The molecule has 0 aromatic heterocycles. The van der Waals surface area contributed by atoms with Crippen molar-refractivity contribution in [3.63, 3.8) is 0 Å². The third-order valence-electron chi connectivity index (χ3n) is 4.09. The highest BCUT2D eigenvalue weighted by atomic mass is 19.1. The van der Waals surface area contributed by atoms with Gasteiger partial charge >= 0.3 is 0 Å². The summed E-state index contributed by atoms with van der Waals surface area (Å²) in [6.07, 6.45) is 3.39. The van der Waals surface area contributed by atoms with E-state index in [-0.39, 0.29) is 11.5 Å². The molecule has 0 spiro atoms. The van der Waals surface area contributed by atoms with E-state index in [4.69, 9.17) is 5.73 Å². The van der Waals surface area contributed by atoms with Crippen molar-refractivity contribution in [2.24, 2.45) is 11.7 Å². The molecule has 1 saturated heterocycles. The number of nitrogens with zero attached hydrogens (tertiary/aromatic N) is 1. The first-order valence-corrected chi connectivity index (χ1v) is 7.52. The molecule has 0 aliphatic carbocycles. The fourth-order valence-corrected chi connectivity index (χ4v) is 2.93. The van der Waals surface area contributed by atoms with E-state index in [1.54, 1.807) is 0 Å². The van der Waals surface area contributed by atoms with Crippen LogP contribution in [0.4, 0.5) is 8.78 Å². The molecule has 1 aromatic carbocycles. The zero-order valence-electron chi connectivity index (χ0n) is 12.2. The van der Waals surface area contributed by atoms with Gasteiger partial charge in [-0.1, -0.05) is 6.07 Å². The average molecular weight is 296 g/mol. The summed E-state index contributed by atoms with van der Waals surface area (Å²) in [4.78, 5) is 13.7. The number of nitrogens with two attached hydrogens (primary N) is 1. The van der Waals surface area contributed by atoms with Crippen molar-refractivity contribution in [2.45, 2.75) is 32.1 Å². The molecule has 0 bridgehead atoms. The van der Waals surface area contributed by atoms with E-state index in [2.05, 4.69) is 0 Å². The number of benzene rings is 1. The zero-order valence-corrected chi connectivity index (χ0v) is 12.2. The van der Waals surface area contributed by atoms with E-state index in [1.165, 1.54) is 18.2 Å². The van der Waals surface area contributed by atoms with Gasteiger partial charge in [-0.05, 0) is 43.7 Å². The molecule has 0 saturated carbocycles. The van der Waals surface area contributed by atoms with Gasteiger partial charge < -0.3 is 10.6 Å². The Labute approximate surface area is 124 Å². The van der Waals surface area contributed by atoms with Crippen LogP contribution in [0, 0.1) is 17.6 Å². The first-order valence-electron chi connectivity index (χ1n) is 7.52. The minimum atomic E-state index is -0.484. The topological polar surface area (TPSA) is 46.3 Å². The van der Waals surface area contributed by atoms with Gasteiger partial charge in [-0.3, -0.25) is 4.79 Å². The highest BCUT2D eigenvalue weighted by molar-refractivity contribution is 5.76. The van der Waals surface area contributed by atoms with Gasteiger partial charge in [0.2, 0.25) is 5.91 Å². The molecule has 1 atom stereocenters. The minimum Gasteiger partial charge on any atom is -0.342 e. The first-order chi connectivity index (χ1) is 10.1. The second-order valence-corrected chi connectivity index (χ2v) is 5.63. The second kappa shape index (κ2) is 7.50. The van der Waals surface area contributed by atoms with Crippen LogP contribution < -0.4 is 5.73 Å². The average Bonchev–Trinajstić information content (AvgIpc) is 2.47. The van der Waals surface area contributed by atoms with E-state index in [0.29, 0.717) is 38.3 Å². The summed E-state index contributed by atoms with van der Waals surface area (Å²) in [7, 11) is 0. The molecule has 1 fully saturated rings. The van der Waals surface area contributed by atoms with Crippen LogP contribution in [0.15, 0.2) is 18.2 Å². The van der Waals surface area contributed by atoms with Crippen LogP contribution in [0.3, 0.4) is 0 Å². The number of hydrogen-bond donors (Lipinski definition) is 1. The molecular formula is C16H22F2N2O. The standard InChI is InChI=1S/C16H22F2N2O/c17-14-4-1-5-15(18)13(14)7-6-12-3-2-10-20(11-12)16(21)8-9-19/h1,4-5,12H,2-3,6-11,19H2. The SMILES string of the molecule is NCCC(=O)N1CCCC(CCc2c(F)cccc2F)C1. The molecule has 1 unspecified atom stereocenters. The van der Waals surface area contributed by atoms with Gasteiger partial charge in [0.05, 0.1) is 0 Å². The van der Waals surface area contributed by atoms with Gasteiger partial charge in [0.15, 0.2) is 0 Å². The van der Waals surface area contributed by atoms with Crippen LogP contribution in [0.25, 0.3) is 0 Å². The third-order valence-corrected chi connectivity index (χ3v) is 4.09. The maximum atomic E-state index is 13.6. The molecule has 0 radical (unpaired) electrons. The van der Waals surface area contributed by atoms with Crippen molar-refractivity contribution in [2.75, 3.05) is 19.6 Å². The van der Waals surface area contributed by atoms with Crippen molar-refractivity contribution < 1.29 is 13.6 Å². The van der Waals surface area contributed by atoms with Gasteiger partial charge in [-0.25, -0.2) is 8.78 Å². The van der Waals surface area contributed by atoms with Gasteiger partial charge in [-0.15, -0.1) is 0 Å². The molecule has 1 aliphatic rings. The van der Waals surface area contributed by atoms with Crippen molar-refractivity contribution in [3.05, 3.63) is 35.4 Å². The van der Waals surface area contributed by atoms with Crippen molar-refractivity contribution in [3.8, 4) is 0 Å². The van der Waals surface area contributed by atoms with E-state index in [0.717, 1.165) is 19.4 Å². The number of rotatable bonds is 5. The summed E-state index contributed by atoms with van der Waals surface area (Å²) in [5, 5.41) is 0. The Balaban J connectivity index is 1.90. The molecule has 2 rings (SSSR count). The molecule has 21 heavy (non-hydrogen) atoms. The highest BCUT2D eigenvalue weighted by Gasteiger charge is 2.23. The molecule has 2 N–H and O–H groups in total. The lowest BCUT2D eigenvalue weighted by molar-refractivity contribution is -0.132. The van der Waals surface area contributed by atoms with Gasteiger partial charge in [0, 0.05) is 31.6 Å². The van der Waals surface area contributed by atoms with Gasteiger partial charge in [0.25, 0.3) is 0 Å². The molecule has 1 heterocycles. The number of carbonyl (C=O) groups excluding carboxylic acids is 1. The maximum Gasteiger partial charge on any atom is 0.223 e. The number of likely N-dealkylation sites (tertiary alicyclic amines) is 1. The Morgan fingerprint density at radius 1 is 1.33 bits per heavy atom. The molecule has 116 valence electrons. The van der Waals surface area contributed by atoms with Crippen molar-refractivity contribution in [1.82, 2.24) is 4.90 Å². The Kier molecular flexibility index (Phi) is 5.67. The van der Waals surface area contributed by atoms with Crippen LogP contribution in [0.5, 0.6) is 0 Å². The van der Waals surface area contributed by atoms with Gasteiger partial charge in [0.1, 0.15) is 11.6 Å². The lowest BCUT2D eigenvalue weighted by Gasteiger charge is -2.33. The predicted molar refractivity (Wildman–Crippen MR) is 77.7 cm³/mol. The smallest absolute Gasteiger partial charge is 0.223 e. The number of hydrogen-bond acceptors (Lipinski definition) is 2. The number of carbonyl (C=O) groups is 1. The largest absolute Gasteiger partial charge is 0.342 e. The molecule has 1 amide bonds. The van der Waals surface area contributed by atoms with Crippen molar-refractivity contribution in [1.29, 1.82) is 0 Å². The molecular weight excluding hydrogens is 274 g/mol. The zero-order chi connectivity index (χ0) is 15.2. The monoisotopic (exact) mass is 296 g/mol. The first kappa shape index (κ1) is 15.9. The Morgan fingerprint density at radius 3 is 2.71 bits per heavy atom. The quantitative estimate of drug-likeness (QED) is 0.907. The van der Waals surface area contributed by atoms with Crippen LogP contribution in [0.1, 0.15) is 31.2 Å². The lowest BCUT2D eigenvalue weighted by Crippen LogP contribution is -2.40. The summed E-state index contributed by atoms with van der Waals surface area (Å²) in [6, 6.07) is 3.95. The Bertz CT molecular complexity index is 473. The number of piperidine rings is 1. The van der Waals surface area contributed by atoms with Crippen molar-refractivity contribution >= 4 is 5.91 Å². The molecule has 1 aromatic rings. The van der Waals surface area contributed by atoms with E-state index >= 15 is 0 Å². The molecule has 5 heteroatoms. The Hall–Kier alpha value is -1.49. The third kappa shape index (κ3) is 4.24. The maximum absolute atomic E-state index is 13.6. The van der Waals surface area contributed by atoms with Crippen LogP contribution in [-0.2, 0) is 11.2 Å².